The molecule has 2 aliphatic carbocycles. The molecule has 0 N–H and O–H groups in total. The standard InChI is InChI=1S/C41H48F10O7/c42-31-21-27(22-32(43)37(31)40(46,47)48)25-11-15-29(16-12-25)57-35(52)9-5-1-3-7-19-55-39(54)56-20-8-4-2-6-10-36(53)58-30-17-13-26(14-18-30)28-23-33(44)38(34(45)24-28)41(49,50)51/h21-26,29-30H,1-20H2. The molecule has 0 aliphatic heterocycles. The number of hydrogen-bond donors (Lipinski definition) is 0. The van der Waals surface area contributed by atoms with Gasteiger partial charge in [0, 0.05) is 12.8 Å². The monoisotopic (exact) mass is 842 g/mol. The zero-order chi connectivity index (χ0) is 42.5. The zero-order valence-electron chi connectivity index (χ0n) is 31.9. The number of benzene rings is 2. The molecule has 0 heterocycles. The SMILES string of the molecule is O=C(CCCCCCOC(=O)OCCCCCCC(=O)OC1CCC(c2cc(F)c(C(F)(F)F)c(F)c2)CC1)OC1CCC(c2cc(F)c(C(F)(F)F)c(F)c2)CC1. The first-order chi connectivity index (χ1) is 27.4. The van der Waals surface area contributed by atoms with E-state index in [0.717, 1.165) is 24.3 Å². The van der Waals surface area contributed by atoms with Crippen LogP contribution in [0.4, 0.5) is 48.7 Å². The Kier molecular flexibility index (Phi) is 17.5. The Morgan fingerprint density at radius 2 is 0.793 bits per heavy atom. The number of ether oxygens (including phenoxy) is 4. The second kappa shape index (κ2) is 21.8. The maximum Gasteiger partial charge on any atom is 0.508 e. The first-order valence-electron chi connectivity index (χ1n) is 19.7. The normalized spacial score (nSPS) is 20.0. The van der Waals surface area contributed by atoms with Gasteiger partial charge in [-0.15, -0.1) is 0 Å². The van der Waals surface area contributed by atoms with Crippen LogP contribution in [0.3, 0.4) is 0 Å². The molecule has 2 aliphatic rings. The molecule has 2 fully saturated rings. The minimum absolute atomic E-state index is 0.148. The number of unbranched alkanes of at least 4 members (excludes halogenated alkanes) is 6. The van der Waals surface area contributed by atoms with Crippen molar-refractivity contribution >= 4 is 18.1 Å². The third-order valence-electron chi connectivity index (χ3n) is 10.6. The second-order valence-electron chi connectivity index (χ2n) is 14.9. The van der Waals surface area contributed by atoms with Crippen LogP contribution in [0.2, 0.25) is 0 Å². The van der Waals surface area contributed by atoms with Crippen molar-refractivity contribution in [2.45, 2.75) is 152 Å². The van der Waals surface area contributed by atoms with E-state index < -0.39 is 52.9 Å². The average Bonchev–Trinajstić information content (AvgIpc) is 3.13. The number of hydrogen-bond acceptors (Lipinski definition) is 7. The Hall–Kier alpha value is -4.05. The molecule has 2 aromatic carbocycles. The van der Waals surface area contributed by atoms with Crippen molar-refractivity contribution in [3.8, 4) is 0 Å². The summed E-state index contributed by atoms with van der Waals surface area (Å²) in [6.07, 6.45) is -3.05. The van der Waals surface area contributed by atoms with E-state index in [4.69, 9.17) is 18.9 Å². The van der Waals surface area contributed by atoms with E-state index in [1.807, 2.05) is 0 Å². The van der Waals surface area contributed by atoms with Crippen molar-refractivity contribution in [2.75, 3.05) is 13.2 Å². The molecule has 2 saturated carbocycles. The molecule has 0 radical (unpaired) electrons. The highest BCUT2D eigenvalue weighted by molar-refractivity contribution is 5.69. The summed E-state index contributed by atoms with van der Waals surface area (Å²) in [5.41, 5.74) is -3.50. The van der Waals surface area contributed by atoms with Gasteiger partial charge in [0.1, 0.15) is 46.6 Å². The van der Waals surface area contributed by atoms with Gasteiger partial charge in [-0.1, -0.05) is 25.7 Å². The predicted molar refractivity (Wildman–Crippen MR) is 188 cm³/mol. The largest absolute Gasteiger partial charge is 0.508 e. The van der Waals surface area contributed by atoms with Crippen LogP contribution in [0.1, 0.15) is 150 Å². The summed E-state index contributed by atoms with van der Waals surface area (Å²) in [6.45, 7) is 0.296. The quantitative estimate of drug-likeness (QED) is 0.0639. The minimum Gasteiger partial charge on any atom is -0.462 e. The van der Waals surface area contributed by atoms with E-state index in [1.54, 1.807) is 0 Å². The summed E-state index contributed by atoms with van der Waals surface area (Å²) < 4.78 is 154. The number of halogens is 10. The van der Waals surface area contributed by atoms with E-state index >= 15 is 0 Å². The van der Waals surface area contributed by atoms with Crippen LogP contribution in [0.15, 0.2) is 24.3 Å². The van der Waals surface area contributed by atoms with E-state index in [9.17, 15) is 58.3 Å². The average molecular weight is 843 g/mol. The van der Waals surface area contributed by atoms with E-state index in [0.29, 0.717) is 103 Å². The van der Waals surface area contributed by atoms with Gasteiger partial charge >= 0.3 is 30.4 Å². The number of carbonyl (C=O) groups excluding carboxylic acids is 3. The third kappa shape index (κ3) is 14.6. The van der Waals surface area contributed by atoms with Gasteiger partial charge in [0.25, 0.3) is 0 Å². The summed E-state index contributed by atoms with van der Waals surface area (Å²) in [4.78, 5) is 36.4. The van der Waals surface area contributed by atoms with Crippen LogP contribution in [0.25, 0.3) is 0 Å². The fourth-order valence-electron chi connectivity index (χ4n) is 7.52. The van der Waals surface area contributed by atoms with Crippen LogP contribution in [0, 0.1) is 23.3 Å². The fourth-order valence-corrected chi connectivity index (χ4v) is 7.52. The summed E-state index contributed by atoms with van der Waals surface area (Å²) in [5, 5.41) is 0. The fraction of sp³-hybridized carbons (Fsp3) is 0.634. The maximum absolute atomic E-state index is 14.0. The molecule has 324 valence electrons. The van der Waals surface area contributed by atoms with Gasteiger partial charge < -0.3 is 18.9 Å². The molecule has 0 unspecified atom stereocenters. The Labute approximate surface area is 330 Å². The molecule has 0 aromatic heterocycles. The molecule has 0 spiro atoms. The van der Waals surface area contributed by atoms with Crippen molar-refractivity contribution in [3.63, 3.8) is 0 Å². The van der Waals surface area contributed by atoms with E-state index in [1.165, 1.54) is 0 Å². The molecular weight excluding hydrogens is 794 g/mol. The number of carbonyl (C=O) groups is 3. The first-order valence-corrected chi connectivity index (χ1v) is 19.7. The van der Waals surface area contributed by atoms with E-state index in [2.05, 4.69) is 0 Å². The van der Waals surface area contributed by atoms with Gasteiger partial charge in [0.2, 0.25) is 0 Å². The lowest BCUT2D eigenvalue weighted by molar-refractivity contribution is -0.151. The lowest BCUT2D eigenvalue weighted by atomic mass is 9.82. The molecular formula is C41H48F10O7. The highest BCUT2D eigenvalue weighted by atomic mass is 19.4. The maximum atomic E-state index is 14.0. The van der Waals surface area contributed by atoms with Crippen molar-refractivity contribution in [2.24, 2.45) is 0 Å². The van der Waals surface area contributed by atoms with Crippen LogP contribution in [-0.4, -0.2) is 43.5 Å². The smallest absolute Gasteiger partial charge is 0.462 e. The Morgan fingerprint density at radius 3 is 1.10 bits per heavy atom. The zero-order valence-corrected chi connectivity index (χ0v) is 31.9. The lowest BCUT2D eigenvalue weighted by Crippen LogP contribution is -2.24. The minimum atomic E-state index is -5.13. The Morgan fingerprint density at radius 1 is 0.483 bits per heavy atom. The van der Waals surface area contributed by atoms with Crippen molar-refractivity contribution in [1.82, 2.24) is 0 Å². The lowest BCUT2D eigenvalue weighted by Gasteiger charge is -2.29. The van der Waals surface area contributed by atoms with Gasteiger partial charge in [-0.3, -0.25) is 9.59 Å². The van der Waals surface area contributed by atoms with Crippen molar-refractivity contribution < 1.29 is 77.2 Å². The van der Waals surface area contributed by atoms with Gasteiger partial charge in [-0.05, 0) is 124 Å². The second-order valence-corrected chi connectivity index (χ2v) is 14.9. The van der Waals surface area contributed by atoms with Gasteiger partial charge in [-0.25, -0.2) is 22.4 Å². The molecule has 4 rings (SSSR count). The van der Waals surface area contributed by atoms with Gasteiger partial charge in [-0.2, -0.15) is 26.3 Å². The Balaban J connectivity index is 0.941. The van der Waals surface area contributed by atoms with Crippen LogP contribution in [0.5, 0.6) is 0 Å². The van der Waals surface area contributed by atoms with Crippen LogP contribution < -0.4 is 0 Å². The molecule has 58 heavy (non-hydrogen) atoms. The van der Waals surface area contributed by atoms with Crippen LogP contribution >= 0.6 is 0 Å². The number of rotatable bonds is 18. The molecule has 0 amide bonds. The molecule has 2 aromatic rings. The summed E-state index contributed by atoms with van der Waals surface area (Å²) in [5.74, 6) is -8.02. The van der Waals surface area contributed by atoms with Crippen molar-refractivity contribution in [3.05, 3.63) is 69.8 Å². The molecule has 0 atom stereocenters. The van der Waals surface area contributed by atoms with E-state index in [-0.39, 0.29) is 73.2 Å². The summed E-state index contributed by atoms with van der Waals surface area (Å²) in [7, 11) is 0. The molecule has 17 heteroatoms. The predicted octanol–water partition coefficient (Wildman–Crippen LogP) is 12.2. The number of alkyl halides is 6. The third-order valence-corrected chi connectivity index (χ3v) is 10.6. The number of esters is 2. The first kappa shape index (κ1) is 46.6. The van der Waals surface area contributed by atoms with Crippen LogP contribution in [-0.2, 0) is 40.9 Å². The Bertz CT molecular complexity index is 1500. The molecule has 0 saturated heterocycles. The highest BCUT2D eigenvalue weighted by Crippen LogP contribution is 2.41. The summed E-state index contributed by atoms with van der Waals surface area (Å²) >= 11 is 0. The molecule has 0 bridgehead atoms. The highest BCUT2D eigenvalue weighted by Gasteiger charge is 2.40. The van der Waals surface area contributed by atoms with Gasteiger partial charge in [0.15, 0.2) is 0 Å². The topological polar surface area (TPSA) is 88.1 Å². The summed E-state index contributed by atoms with van der Waals surface area (Å²) in [6, 6.07) is 2.91. The van der Waals surface area contributed by atoms with Gasteiger partial charge in [0.05, 0.1) is 13.2 Å². The molecule has 7 nitrogen and oxygen atoms in total. The van der Waals surface area contributed by atoms with Crippen molar-refractivity contribution in [1.29, 1.82) is 0 Å².